The first-order valence-electron chi connectivity index (χ1n) is 21.9. The number of primary amides is 2. The lowest BCUT2D eigenvalue weighted by Gasteiger charge is -2.29. The molecule has 0 fully saturated rings. The number of carbonyl (C=O) groups is 8. The van der Waals surface area contributed by atoms with Gasteiger partial charge < -0.3 is 47.9 Å². The Labute approximate surface area is 378 Å². The molecule has 0 aliphatic carbocycles. The van der Waals surface area contributed by atoms with Gasteiger partial charge in [-0.1, -0.05) is 109 Å². The van der Waals surface area contributed by atoms with Crippen molar-refractivity contribution in [1.82, 2.24) is 26.2 Å². The van der Waals surface area contributed by atoms with Gasteiger partial charge in [-0.25, -0.2) is 9.59 Å². The summed E-state index contributed by atoms with van der Waals surface area (Å²) >= 11 is 0. The van der Waals surface area contributed by atoms with Crippen molar-refractivity contribution in [2.75, 3.05) is 38.6 Å². The van der Waals surface area contributed by atoms with E-state index in [1.807, 2.05) is 48.5 Å². The van der Waals surface area contributed by atoms with Crippen LogP contribution in [0.5, 0.6) is 0 Å². The summed E-state index contributed by atoms with van der Waals surface area (Å²) in [5.41, 5.74) is 10.0. The summed E-state index contributed by atoms with van der Waals surface area (Å²) in [5, 5.41) is 21.2. The first-order valence-corrected chi connectivity index (χ1v) is 21.9. The van der Waals surface area contributed by atoms with Crippen LogP contribution in [0.1, 0.15) is 135 Å². The lowest BCUT2D eigenvalue weighted by Crippen LogP contribution is -2.51. The van der Waals surface area contributed by atoms with Crippen molar-refractivity contribution in [1.29, 1.82) is 0 Å². The number of hydrogen-bond acceptors (Lipinski definition) is 10. The van der Waals surface area contributed by atoms with E-state index in [1.165, 1.54) is 25.3 Å². The Balaban J connectivity index is -0.000000440. The zero-order valence-corrected chi connectivity index (χ0v) is 41.1. The van der Waals surface area contributed by atoms with E-state index in [0.717, 1.165) is 19.3 Å². The number of nitrogens with zero attached hydrogens (tertiary/aromatic N) is 1. The predicted molar refractivity (Wildman–Crippen MR) is 251 cm³/mol. The second-order valence-electron chi connectivity index (χ2n) is 15.5. The molecular formula is C45H86N8O10. The number of rotatable bonds is 20. The number of ether oxygens (including phenoxy) is 1. The number of anilines is 1. The van der Waals surface area contributed by atoms with Gasteiger partial charge in [-0.05, 0) is 67.6 Å². The Morgan fingerprint density at radius 3 is 1.63 bits per heavy atom. The molecule has 0 aliphatic heterocycles. The minimum atomic E-state index is -0.813. The van der Waals surface area contributed by atoms with Gasteiger partial charge in [0.1, 0.15) is 24.5 Å². The maximum Gasteiger partial charge on any atom is 0.410 e. The second-order valence-corrected chi connectivity index (χ2v) is 15.5. The third-order valence-corrected chi connectivity index (χ3v) is 7.61. The third-order valence-electron chi connectivity index (χ3n) is 7.61. The highest BCUT2D eigenvalue weighted by molar-refractivity contribution is 5.96. The number of Topliss-reactive ketones (excluding diaryl/α,β-unsaturated/α-hetero) is 1. The zero-order valence-electron chi connectivity index (χ0n) is 41.1. The summed E-state index contributed by atoms with van der Waals surface area (Å²) in [4.78, 5) is 93.1. The Hall–Kier alpha value is -5.26. The average Bonchev–Trinajstić information content (AvgIpc) is 3.20. The normalized spacial score (nSPS) is 10.7. The van der Waals surface area contributed by atoms with Gasteiger partial charge in [0.25, 0.3) is 0 Å². The number of likely N-dealkylation sites (N-methyl/N-ethyl adjacent to an activating group) is 1. The Bertz CT molecular complexity index is 1390. The molecule has 1 rings (SSSR count). The smallest absolute Gasteiger partial charge is 0.410 e. The minimum Gasteiger partial charge on any atom is -0.445 e. The summed E-state index contributed by atoms with van der Waals surface area (Å²) in [7, 11) is 1.46. The molecular weight excluding hydrogens is 813 g/mol. The number of benzene rings is 1. The maximum absolute atomic E-state index is 12.6. The van der Waals surface area contributed by atoms with Gasteiger partial charge in [0, 0.05) is 32.3 Å². The molecule has 0 saturated heterocycles. The quantitative estimate of drug-likeness (QED) is 0.0787. The second kappa shape index (κ2) is 43.4. The molecule has 0 bridgehead atoms. The largest absolute Gasteiger partial charge is 0.445 e. The molecule has 0 saturated carbocycles. The average molecular weight is 899 g/mol. The molecule has 0 heterocycles. The molecule has 1 aromatic rings. The molecule has 0 radical (unpaired) electrons. The van der Waals surface area contributed by atoms with Crippen LogP contribution >= 0.6 is 0 Å². The van der Waals surface area contributed by atoms with Crippen LogP contribution in [0.2, 0.25) is 0 Å². The summed E-state index contributed by atoms with van der Waals surface area (Å²) < 4.78 is 5.35. The van der Waals surface area contributed by atoms with Crippen LogP contribution in [-0.4, -0.2) is 103 Å². The molecule has 0 aliphatic rings. The number of ketones is 1. The highest BCUT2D eigenvalue weighted by atomic mass is 16.6. The molecule has 1 aromatic carbocycles. The minimum absolute atomic E-state index is 0.0627. The van der Waals surface area contributed by atoms with Crippen LogP contribution in [0.25, 0.3) is 0 Å². The lowest BCUT2D eigenvalue weighted by molar-refractivity contribution is -0.130. The van der Waals surface area contributed by atoms with E-state index < -0.39 is 41.9 Å². The van der Waals surface area contributed by atoms with E-state index in [4.69, 9.17) is 20.4 Å². The zero-order chi connectivity index (χ0) is 50.1. The molecule has 0 aromatic heterocycles. The number of amides is 8. The van der Waals surface area contributed by atoms with Crippen molar-refractivity contribution in [3.8, 4) is 0 Å². The monoisotopic (exact) mass is 899 g/mol. The summed E-state index contributed by atoms with van der Waals surface area (Å²) in [5.74, 6) is -1.07. The van der Waals surface area contributed by atoms with E-state index >= 15 is 0 Å². The molecule has 10 N–H and O–H groups in total. The predicted octanol–water partition coefficient (Wildman–Crippen LogP) is 5.25. The SMILES string of the molecule is CC.CC(=O)CNC(=O)C(C(C)C)N(C)C(=O)OCc1ccc(NC(=O)CNC(=O)C(NC(=O)CCC(C)C)C(C)C)cc1.CC(C)CCO.CCC.CCCNC(N)=O.NC=O. The van der Waals surface area contributed by atoms with Crippen LogP contribution in [0.4, 0.5) is 15.3 Å². The van der Waals surface area contributed by atoms with Crippen molar-refractivity contribution in [3.63, 3.8) is 0 Å². The molecule has 366 valence electrons. The topological polar surface area (TPSA) is 281 Å². The highest BCUT2D eigenvalue weighted by Gasteiger charge is 2.31. The molecule has 8 amide bonds. The van der Waals surface area contributed by atoms with Crippen molar-refractivity contribution in [2.24, 2.45) is 35.1 Å². The first kappa shape index (κ1) is 66.8. The van der Waals surface area contributed by atoms with Gasteiger partial charge in [0.15, 0.2) is 0 Å². The van der Waals surface area contributed by atoms with Gasteiger partial charge in [0.2, 0.25) is 30.0 Å². The Kier molecular flexibility index (Phi) is 46.0. The summed E-state index contributed by atoms with van der Waals surface area (Å²) in [6.07, 6.45) is 3.72. The number of carbonyl (C=O) groups excluding carboxylic acids is 8. The van der Waals surface area contributed by atoms with Crippen LogP contribution in [0.15, 0.2) is 24.3 Å². The van der Waals surface area contributed by atoms with Crippen LogP contribution in [-0.2, 0) is 40.1 Å². The molecule has 63 heavy (non-hydrogen) atoms. The van der Waals surface area contributed by atoms with Crippen molar-refractivity contribution < 1.29 is 48.2 Å². The van der Waals surface area contributed by atoms with E-state index in [-0.39, 0.29) is 49.6 Å². The maximum atomic E-state index is 12.6. The van der Waals surface area contributed by atoms with E-state index in [0.29, 0.717) is 42.7 Å². The fourth-order valence-corrected chi connectivity index (χ4v) is 4.48. The number of hydrogen-bond donors (Lipinski definition) is 8. The number of aliphatic hydroxyl groups excluding tert-OH is 1. The van der Waals surface area contributed by atoms with Gasteiger partial charge >= 0.3 is 12.1 Å². The van der Waals surface area contributed by atoms with Crippen LogP contribution in [0, 0.1) is 23.7 Å². The van der Waals surface area contributed by atoms with Gasteiger partial charge in [-0.15, -0.1) is 0 Å². The summed E-state index contributed by atoms with van der Waals surface area (Å²) in [6.45, 7) is 27.6. The molecule has 2 unspecified atom stereocenters. The van der Waals surface area contributed by atoms with E-state index in [2.05, 4.69) is 60.0 Å². The van der Waals surface area contributed by atoms with Crippen molar-refractivity contribution in [3.05, 3.63) is 29.8 Å². The standard InChI is InChI=1S/C30H47N5O7.C5H12O.C4H10N2O.C3H8.C2H6.CH3NO/c1-18(2)9-14-24(37)34-26(19(3)4)28(39)32-16-25(38)33-23-12-10-22(11-13-23)17-42-30(41)35(8)27(20(5)6)29(40)31-15-21(7)36;1-5(2)3-4-6;1-2-3-6-4(5)7;1-3-2;1-2;2-1-3/h10-13,18-20,26-27H,9,14-17H2,1-8H3,(H,31,40)(H,32,39)(H,33,38)(H,34,37);5-6H,3-4H2,1-2H3;2-3H2,1H3,(H3,5,6,7);3H2,1-2H3;1-2H3;1H,(H2,2,3). The van der Waals surface area contributed by atoms with Crippen molar-refractivity contribution in [2.45, 2.75) is 148 Å². The highest BCUT2D eigenvalue weighted by Crippen LogP contribution is 2.14. The van der Waals surface area contributed by atoms with E-state index in [1.54, 1.807) is 38.1 Å². The lowest BCUT2D eigenvalue weighted by atomic mass is 10.0. The third kappa shape index (κ3) is 41.8. The molecule has 18 heteroatoms. The van der Waals surface area contributed by atoms with Gasteiger partial charge in [0.05, 0.1) is 13.1 Å². The fraction of sp³-hybridized carbons (Fsp3) is 0.689. The van der Waals surface area contributed by atoms with Gasteiger partial charge in [-0.2, -0.15) is 0 Å². The number of nitrogens with two attached hydrogens (primary N) is 2. The molecule has 18 nitrogen and oxygen atoms in total. The molecule has 2 atom stereocenters. The number of urea groups is 1. The Morgan fingerprint density at radius 1 is 0.778 bits per heavy atom. The van der Waals surface area contributed by atoms with Crippen LogP contribution < -0.4 is 38.1 Å². The van der Waals surface area contributed by atoms with Crippen LogP contribution in [0.3, 0.4) is 0 Å². The summed E-state index contributed by atoms with van der Waals surface area (Å²) in [6, 6.07) is 4.60. The van der Waals surface area contributed by atoms with Crippen molar-refractivity contribution >= 4 is 53.6 Å². The Morgan fingerprint density at radius 2 is 1.27 bits per heavy atom. The number of aliphatic hydroxyl groups is 1. The number of nitrogens with one attached hydrogen (secondary N) is 5. The molecule has 0 spiro atoms. The van der Waals surface area contributed by atoms with Gasteiger partial charge in [-0.3, -0.25) is 33.7 Å². The first-order chi connectivity index (χ1) is 29.5. The van der Waals surface area contributed by atoms with E-state index in [9.17, 15) is 33.6 Å². The fourth-order valence-electron chi connectivity index (χ4n) is 4.48.